The molecule has 0 spiro atoms. The predicted octanol–water partition coefficient (Wildman–Crippen LogP) is 2.93. The number of likely N-dealkylation sites (tertiary alicyclic amines) is 1. The van der Waals surface area contributed by atoms with Gasteiger partial charge in [-0.3, -0.25) is 4.79 Å². The fourth-order valence-electron chi connectivity index (χ4n) is 2.80. The average Bonchev–Trinajstić information content (AvgIpc) is 2.55. The minimum Gasteiger partial charge on any atom is -0.497 e. The van der Waals surface area contributed by atoms with Crippen LogP contribution in [0.4, 0.5) is 13.2 Å². The quantitative estimate of drug-likeness (QED) is 0.893. The molecule has 7 heteroatoms. The van der Waals surface area contributed by atoms with Gasteiger partial charge < -0.3 is 14.7 Å². The number of benzene rings is 1. The highest BCUT2D eigenvalue weighted by Gasteiger charge is 2.54. The Kier molecular flexibility index (Phi) is 5.74. The zero-order valence-corrected chi connectivity index (χ0v) is 13.6. The van der Waals surface area contributed by atoms with Crippen molar-refractivity contribution in [2.45, 2.75) is 43.9 Å². The number of carbonyl (C=O) groups is 1. The van der Waals surface area contributed by atoms with Crippen LogP contribution in [0, 0.1) is 0 Å². The van der Waals surface area contributed by atoms with E-state index in [9.17, 15) is 23.1 Å². The first-order chi connectivity index (χ1) is 11.2. The number of hydrogen-bond acceptors (Lipinski definition) is 3. The summed E-state index contributed by atoms with van der Waals surface area (Å²) in [6.45, 7) is -0.116. The third kappa shape index (κ3) is 4.41. The number of nitrogens with zero attached hydrogens (tertiary/aromatic N) is 1. The van der Waals surface area contributed by atoms with E-state index in [-0.39, 0.29) is 25.4 Å². The third-order valence-electron chi connectivity index (χ3n) is 4.49. The minimum absolute atomic E-state index is 0.0582. The summed E-state index contributed by atoms with van der Waals surface area (Å²) in [5, 5.41) is 9.60. The lowest BCUT2D eigenvalue weighted by atomic mass is 9.90. The number of hydrogen-bond donors (Lipinski definition) is 1. The highest BCUT2D eigenvalue weighted by atomic mass is 19.4. The van der Waals surface area contributed by atoms with E-state index in [2.05, 4.69) is 0 Å². The summed E-state index contributed by atoms with van der Waals surface area (Å²) in [4.78, 5) is 13.5. The fourth-order valence-corrected chi connectivity index (χ4v) is 2.80. The molecule has 1 saturated heterocycles. The van der Waals surface area contributed by atoms with E-state index in [1.165, 1.54) is 4.90 Å². The van der Waals surface area contributed by atoms with Crippen molar-refractivity contribution in [3.8, 4) is 5.75 Å². The van der Waals surface area contributed by atoms with Crippen molar-refractivity contribution in [1.29, 1.82) is 0 Å². The summed E-state index contributed by atoms with van der Waals surface area (Å²) >= 11 is 0. The molecule has 0 atom stereocenters. The molecule has 0 radical (unpaired) electrons. The van der Waals surface area contributed by atoms with Gasteiger partial charge >= 0.3 is 6.18 Å². The molecule has 1 N–H and O–H groups in total. The molecule has 1 aromatic rings. The van der Waals surface area contributed by atoms with Crippen LogP contribution in [0.15, 0.2) is 24.3 Å². The number of ether oxygens (including phenoxy) is 1. The Morgan fingerprint density at radius 3 is 2.33 bits per heavy atom. The smallest absolute Gasteiger partial charge is 0.417 e. The monoisotopic (exact) mass is 345 g/mol. The van der Waals surface area contributed by atoms with Crippen LogP contribution in [-0.2, 0) is 11.2 Å². The molecule has 1 aliphatic heterocycles. The lowest BCUT2D eigenvalue weighted by Gasteiger charge is -2.39. The molecule has 0 aliphatic carbocycles. The highest BCUT2D eigenvalue weighted by molar-refractivity contribution is 5.76. The number of aliphatic hydroxyl groups is 1. The Morgan fingerprint density at radius 2 is 1.83 bits per heavy atom. The van der Waals surface area contributed by atoms with E-state index in [0.29, 0.717) is 6.42 Å². The largest absolute Gasteiger partial charge is 0.497 e. The van der Waals surface area contributed by atoms with E-state index in [1.807, 2.05) is 24.3 Å². The summed E-state index contributed by atoms with van der Waals surface area (Å²) in [6.07, 6.45) is -3.92. The molecule has 24 heavy (non-hydrogen) atoms. The van der Waals surface area contributed by atoms with Gasteiger partial charge in [-0.2, -0.15) is 13.2 Å². The number of amides is 1. The second-order valence-corrected chi connectivity index (χ2v) is 6.11. The van der Waals surface area contributed by atoms with Crippen molar-refractivity contribution >= 4 is 5.91 Å². The third-order valence-corrected chi connectivity index (χ3v) is 4.49. The molecule has 1 fully saturated rings. The van der Waals surface area contributed by atoms with E-state index in [4.69, 9.17) is 4.74 Å². The first kappa shape index (κ1) is 18.6. The number of carbonyl (C=O) groups excluding carboxylic acids is 1. The molecule has 4 nitrogen and oxygen atoms in total. The molecule has 1 amide bonds. The van der Waals surface area contributed by atoms with Gasteiger partial charge in [0.1, 0.15) is 5.75 Å². The van der Waals surface area contributed by atoms with Crippen molar-refractivity contribution in [3.05, 3.63) is 29.8 Å². The van der Waals surface area contributed by atoms with Gasteiger partial charge in [0.15, 0.2) is 5.60 Å². The molecular formula is C17H22F3NO3. The van der Waals surface area contributed by atoms with Crippen LogP contribution in [0.25, 0.3) is 0 Å². The summed E-state index contributed by atoms with van der Waals surface area (Å²) in [6, 6.07) is 7.54. The van der Waals surface area contributed by atoms with Gasteiger partial charge in [-0.05, 0) is 30.5 Å². The topological polar surface area (TPSA) is 49.8 Å². The maximum atomic E-state index is 12.7. The summed E-state index contributed by atoms with van der Waals surface area (Å²) in [5.41, 5.74) is -1.58. The second kappa shape index (κ2) is 7.42. The van der Waals surface area contributed by atoms with E-state index < -0.39 is 24.6 Å². The zero-order chi connectivity index (χ0) is 17.8. The SMILES string of the molecule is COc1ccc(CCCC(=O)N2CCC(O)(C(F)(F)F)CC2)cc1. The van der Waals surface area contributed by atoms with Crippen molar-refractivity contribution in [2.75, 3.05) is 20.2 Å². The molecule has 134 valence electrons. The van der Waals surface area contributed by atoms with Crippen molar-refractivity contribution in [3.63, 3.8) is 0 Å². The Bertz CT molecular complexity index is 549. The minimum atomic E-state index is -4.64. The van der Waals surface area contributed by atoms with Crippen LogP contribution in [0.2, 0.25) is 0 Å². The van der Waals surface area contributed by atoms with Crippen LogP contribution in [0.3, 0.4) is 0 Å². The Labute approximate surface area is 139 Å². The van der Waals surface area contributed by atoms with E-state index in [1.54, 1.807) is 7.11 Å². The van der Waals surface area contributed by atoms with E-state index >= 15 is 0 Å². The Morgan fingerprint density at radius 1 is 1.25 bits per heavy atom. The van der Waals surface area contributed by atoms with Crippen molar-refractivity contribution < 1.29 is 27.8 Å². The number of methoxy groups -OCH3 is 1. The number of piperidine rings is 1. The van der Waals surface area contributed by atoms with Gasteiger partial charge in [-0.25, -0.2) is 0 Å². The second-order valence-electron chi connectivity index (χ2n) is 6.11. The van der Waals surface area contributed by atoms with Crippen molar-refractivity contribution in [2.24, 2.45) is 0 Å². The van der Waals surface area contributed by atoms with Gasteiger partial charge in [0.2, 0.25) is 5.91 Å². The van der Waals surface area contributed by atoms with Crippen LogP contribution >= 0.6 is 0 Å². The van der Waals surface area contributed by atoms with Crippen LogP contribution in [0.1, 0.15) is 31.2 Å². The number of rotatable bonds is 5. The lowest BCUT2D eigenvalue weighted by Crippen LogP contribution is -2.54. The summed E-state index contributed by atoms with van der Waals surface area (Å²) in [5.74, 6) is 0.605. The van der Waals surface area contributed by atoms with Gasteiger partial charge in [0.05, 0.1) is 7.11 Å². The van der Waals surface area contributed by atoms with Gasteiger partial charge in [-0.15, -0.1) is 0 Å². The number of alkyl halides is 3. The maximum Gasteiger partial charge on any atom is 0.417 e. The standard InChI is InChI=1S/C17H22F3NO3/c1-24-14-7-5-13(6-8-14)3-2-4-15(22)21-11-9-16(23,10-12-21)17(18,19)20/h5-8,23H,2-4,9-12H2,1H3. The number of halogens is 3. The first-order valence-corrected chi connectivity index (χ1v) is 7.95. The average molecular weight is 345 g/mol. The predicted molar refractivity (Wildman–Crippen MR) is 82.8 cm³/mol. The molecule has 1 aliphatic rings. The van der Waals surface area contributed by atoms with Crippen LogP contribution in [0.5, 0.6) is 5.75 Å². The molecule has 2 rings (SSSR count). The molecular weight excluding hydrogens is 323 g/mol. The molecule has 1 aromatic carbocycles. The van der Waals surface area contributed by atoms with Gasteiger partial charge in [-0.1, -0.05) is 12.1 Å². The highest BCUT2D eigenvalue weighted by Crippen LogP contribution is 2.38. The van der Waals surface area contributed by atoms with Crippen molar-refractivity contribution in [1.82, 2.24) is 4.90 Å². The Balaban J connectivity index is 1.75. The van der Waals surface area contributed by atoms with Crippen LogP contribution < -0.4 is 4.74 Å². The van der Waals surface area contributed by atoms with Gasteiger partial charge in [0, 0.05) is 32.4 Å². The molecule has 1 heterocycles. The lowest BCUT2D eigenvalue weighted by molar-refractivity contribution is -0.272. The molecule has 0 saturated carbocycles. The number of aryl methyl sites for hydroxylation is 1. The summed E-state index contributed by atoms with van der Waals surface area (Å²) in [7, 11) is 1.59. The Hall–Kier alpha value is -1.76. The molecule has 0 bridgehead atoms. The molecule has 0 unspecified atom stereocenters. The normalized spacial score (nSPS) is 17.6. The zero-order valence-electron chi connectivity index (χ0n) is 13.6. The summed E-state index contributed by atoms with van der Waals surface area (Å²) < 4.78 is 43.3. The maximum absolute atomic E-state index is 12.7. The molecule has 0 aromatic heterocycles. The van der Waals surface area contributed by atoms with E-state index in [0.717, 1.165) is 17.7 Å². The van der Waals surface area contributed by atoms with Crippen LogP contribution in [-0.4, -0.2) is 47.9 Å². The fraction of sp³-hybridized carbons (Fsp3) is 0.588. The first-order valence-electron chi connectivity index (χ1n) is 7.95. The van der Waals surface area contributed by atoms with Gasteiger partial charge in [0.25, 0.3) is 0 Å².